The number of rotatable bonds is 7. The van der Waals surface area contributed by atoms with Gasteiger partial charge in [0, 0.05) is 117 Å². The van der Waals surface area contributed by atoms with Gasteiger partial charge in [-0.25, -0.2) is 29.9 Å². The van der Waals surface area contributed by atoms with Gasteiger partial charge in [-0.15, -0.1) is 22.7 Å². The molecule has 7 heterocycles. The van der Waals surface area contributed by atoms with Crippen LogP contribution in [0.15, 0.2) is 373 Å². The van der Waals surface area contributed by atoms with Crippen molar-refractivity contribution in [3.05, 3.63) is 380 Å². The highest BCUT2D eigenvalue weighted by atomic mass is 35.5. The van der Waals surface area contributed by atoms with Gasteiger partial charge in [-0.05, 0) is 122 Å². The van der Waals surface area contributed by atoms with Crippen LogP contribution in [0.5, 0.6) is 0 Å². The Morgan fingerprint density at radius 1 is 0.261 bits per heavy atom. The van der Waals surface area contributed by atoms with E-state index in [1.165, 1.54) is 94.9 Å². The zero-order valence-electron chi connectivity index (χ0n) is 63.5. The Labute approximate surface area is 693 Å². The summed E-state index contributed by atoms with van der Waals surface area (Å²) in [5, 5.41) is 20.8. The molecule has 556 valence electrons. The first-order chi connectivity index (χ1) is 58.9. The third-order valence-corrected chi connectivity index (χ3v) is 26.1. The smallest absolute Gasteiger partial charge is 0.165 e. The molecule has 119 heavy (non-hydrogen) atoms. The fourth-order valence-electron chi connectivity index (χ4n) is 18.0. The third-order valence-electron chi connectivity index (χ3n) is 23.5. The fourth-order valence-corrected chi connectivity index (χ4v) is 20.6. The van der Waals surface area contributed by atoms with Crippen molar-refractivity contribution in [1.29, 1.82) is 0 Å². The van der Waals surface area contributed by atoms with Crippen LogP contribution < -0.4 is 0 Å². The molecule has 0 N–H and O–H groups in total. The molecule has 9 nitrogen and oxygen atoms in total. The van der Waals surface area contributed by atoms with Gasteiger partial charge >= 0.3 is 0 Å². The second kappa shape index (κ2) is 27.7. The first kappa shape index (κ1) is 68.5. The van der Waals surface area contributed by atoms with E-state index in [2.05, 4.69) is 278 Å². The maximum Gasteiger partial charge on any atom is 0.165 e. The molecule has 25 aromatic rings. The van der Waals surface area contributed by atoms with E-state index < -0.39 is 0 Å². The van der Waals surface area contributed by atoms with Crippen LogP contribution in [0, 0.1) is 0 Å². The van der Waals surface area contributed by atoms with E-state index in [1.54, 1.807) is 22.7 Å². The first-order valence-electron chi connectivity index (χ1n) is 39.8. The van der Waals surface area contributed by atoms with Gasteiger partial charge in [0.1, 0.15) is 11.2 Å². The largest absolute Gasteiger partial charge is 0.454 e. The Bertz CT molecular complexity index is 8520. The van der Waals surface area contributed by atoms with Crippen molar-refractivity contribution in [2.45, 2.75) is 6.42 Å². The van der Waals surface area contributed by atoms with Gasteiger partial charge in [-0.1, -0.05) is 315 Å². The number of fused-ring (bicyclic) bond motifs is 22. The molecule has 0 fully saturated rings. The average molecular weight is 1580 g/mol. The number of hydrogen-bond acceptors (Lipinski definition) is 10. The third kappa shape index (κ3) is 11.3. The van der Waals surface area contributed by atoms with Crippen molar-refractivity contribution >= 4 is 183 Å². The van der Waals surface area contributed by atoms with Gasteiger partial charge in [-0.3, -0.25) is 0 Å². The highest BCUT2D eigenvalue weighted by molar-refractivity contribution is 7.26. The molecule has 0 unspecified atom stereocenters. The van der Waals surface area contributed by atoms with Crippen molar-refractivity contribution in [1.82, 2.24) is 34.5 Å². The second-order valence-corrected chi connectivity index (χ2v) is 32.9. The normalized spacial score (nSPS) is 12.0. The van der Waals surface area contributed by atoms with Crippen LogP contribution in [0.4, 0.5) is 0 Å². The van der Waals surface area contributed by atoms with Crippen molar-refractivity contribution in [2.24, 2.45) is 0 Å². The van der Waals surface area contributed by atoms with Crippen LogP contribution in [-0.2, 0) is 6.42 Å². The summed E-state index contributed by atoms with van der Waals surface area (Å²) in [6.45, 7) is 0. The Balaban J connectivity index is 0.000000116. The summed E-state index contributed by atoms with van der Waals surface area (Å²) in [7, 11) is 0. The van der Waals surface area contributed by atoms with Gasteiger partial charge in [0.15, 0.2) is 46.1 Å². The lowest BCUT2D eigenvalue weighted by atomic mass is 9.95. The SMILES string of the molecule is Clc1c2ccccc2c(-c2nc(-c3ccccc3)nc(-c3ccc4c(c3)sc3ccccc34)n2)c2c1oc1ccccc12.c1ccc(-c2nc(-c3ccc4c(c3)sc3ccccc34)nc(-c3c4ccccc4c(-n4c5ccccc5c5cc6ccccc6cc54)c4oc5ccccc5c34)n2)cc1.c1ccc2c(c1)Cc1cc3ccccc3cc1-2. The van der Waals surface area contributed by atoms with Crippen LogP contribution in [0.25, 0.3) is 234 Å². The Morgan fingerprint density at radius 3 is 1.26 bits per heavy atom. The molecule has 0 saturated heterocycles. The van der Waals surface area contributed by atoms with Crippen molar-refractivity contribution in [3.63, 3.8) is 0 Å². The average Bonchev–Trinajstić information content (AvgIpc) is 1.57. The maximum absolute atomic E-state index is 7.08. The molecule has 0 spiro atoms. The summed E-state index contributed by atoms with van der Waals surface area (Å²) in [4.78, 5) is 31.2. The molecule has 18 aromatic carbocycles. The molecule has 12 heteroatoms. The Hall–Kier alpha value is -14.9. The van der Waals surface area contributed by atoms with E-state index in [9.17, 15) is 0 Å². The minimum atomic E-state index is 0.574. The zero-order chi connectivity index (χ0) is 78.3. The molecule has 0 aliphatic heterocycles. The van der Waals surface area contributed by atoms with Crippen LogP contribution >= 0.6 is 34.3 Å². The molecule has 0 amide bonds. The summed E-state index contributed by atoms with van der Waals surface area (Å²) in [6.07, 6.45) is 1.08. The molecule has 0 radical (unpaired) electrons. The van der Waals surface area contributed by atoms with E-state index in [1.807, 2.05) is 91.0 Å². The summed E-state index contributed by atoms with van der Waals surface area (Å²) in [6, 6.07) is 127. The van der Waals surface area contributed by atoms with Crippen molar-refractivity contribution < 1.29 is 8.83 Å². The molecular formula is C107H62ClN7O2S2. The number of halogens is 1. The van der Waals surface area contributed by atoms with Crippen LogP contribution in [0.2, 0.25) is 5.02 Å². The van der Waals surface area contributed by atoms with E-state index in [-0.39, 0.29) is 0 Å². The van der Waals surface area contributed by atoms with Gasteiger partial charge in [0.05, 0.1) is 21.7 Å². The number of furan rings is 2. The van der Waals surface area contributed by atoms with Crippen LogP contribution in [0.1, 0.15) is 11.1 Å². The van der Waals surface area contributed by atoms with Crippen LogP contribution in [-0.4, -0.2) is 34.5 Å². The summed E-state index contributed by atoms with van der Waals surface area (Å²) in [5.41, 5.74) is 17.5. The monoisotopic (exact) mass is 1580 g/mol. The van der Waals surface area contributed by atoms with Gasteiger partial charge in [0.25, 0.3) is 0 Å². The zero-order valence-corrected chi connectivity index (χ0v) is 65.9. The summed E-state index contributed by atoms with van der Waals surface area (Å²) < 4.78 is 20.8. The minimum Gasteiger partial charge on any atom is -0.454 e. The molecule has 7 aromatic heterocycles. The van der Waals surface area contributed by atoms with E-state index in [0.29, 0.717) is 45.6 Å². The lowest BCUT2D eigenvalue weighted by Crippen LogP contribution is -2.02. The number of nitrogens with zero attached hydrogens (tertiary/aromatic N) is 7. The number of para-hydroxylation sites is 3. The van der Waals surface area contributed by atoms with Gasteiger partial charge in [0.2, 0.25) is 0 Å². The predicted octanol–water partition coefficient (Wildman–Crippen LogP) is 29.9. The summed E-state index contributed by atoms with van der Waals surface area (Å²) >= 11 is 10.6. The summed E-state index contributed by atoms with van der Waals surface area (Å²) in [5.74, 6) is 3.63. The standard InChI is InChI=1S/C53H30N4OS.C37H20ClN3OS.C17H12/c1-2-14-31(15-3-1)51-54-52(34-26-27-37-36-19-10-13-25-45(36)59-46(37)30-34)56-53(55-51)48-38-20-6-7-21-39(38)49(50-47(48)40-22-9-12-24-44(40)58-50)57-42-23-11-8-18-35(42)41-28-32-16-4-5-17-33(32)29-43(41)57;38-33-26-14-5-4-13-25(26)32(31-27-15-6-8-16-28(27)42-34(31)33)37-40-35(21-10-2-1-3-11-21)39-36(41-37)22-18-19-24-23-12-7-9-17-29(23)43-30(24)20-22;1-2-6-13-11-17-15(9-12(13)5-1)10-14-7-3-4-8-16(14)17/h1-30H;1-20H;1-9,11H,10H2. The minimum absolute atomic E-state index is 0.574. The van der Waals surface area contributed by atoms with Crippen LogP contribution in [0.3, 0.4) is 0 Å². The number of hydrogen-bond donors (Lipinski definition) is 0. The predicted molar refractivity (Wildman–Crippen MR) is 497 cm³/mol. The van der Waals surface area contributed by atoms with E-state index in [0.717, 1.165) is 116 Å². The maximum atomic E-state index is 7.08. The molecule has 0 atom stereocenters. The molecule has 26 rings (SSSR count). The molecule has 1 aliphatic carbocycles. The topological polar surface area (TPSA) is 109 Å². The fraction of sp³-hybridized carbons (Fsp3) is 0.00935. The van der Waals surface area contributed by atoms with Gasteiger partial charge < -0.3 is 13.4 Å². The first-order valence-corrected chi connectivity index (χ1v) is 41.8. The van der Waals surface area contributed by atoms with Crippen molar-refractivity contribution in [3.8, 4) is 85.1 Å². The van der Waals surface area contributed by atoms with Crippen molar-refractivity contribution in [2.75, 3.05) is 0 Å². The molecular weight excluding hydrogens is 1510 g/mol. The molecule has 0 bridgehead atoms. The second-order valence-electron chi connectivity index (χ2n) is 30.3. The number of aromatic nitrogens is 7. The Kier molecular flexibility index (Phi) is 16.0. The lowest BCUT2D eigenvalue weighted by Gasteiger charge is -2.17. The molecule has 1 aliphatic rings. The van der Waals surface area contributed by atoms with Gasteiger partial charge in [-0.2, -0.15) is 0 Å². The number of thiophene rings is 2. The quantitative estimate of drug-likeness (QED) is 0.155. The highest BCUT2D eigenvalue weighted by Gasteiger charge is 2.30. The van der Waals surface area contributed by atoms with E-state index in [4.69, 9.17) is 50.3 Å². The molecule has 0 saturated carbocycles. The van der Waals surface area contributed by atoms with E-state index >= 15 is 0 Å². The number of benzene rings is 18. The Morgan fingerprint density at radius 2 is 0.672 bits per heavy atom. The lowest BCUT2D eigenvalue weighted by molar-refractivity contribution is 0.667. The highest BCUT2D eigenvalue weighted by Crippen LogP contribution is 2.51.